The highest BCUT2D eigenvalue weighted by Crippen LogP contribution is 2.40. The second-order valence-corrected chi connectivity index (χ2v) is 9.74. The highest BCUT2D eigenvalue weighted by atomic mass is 32.1. The number of methoxy groups -OCH3 is 1. The van der Waals surface area contributed by atoms with Crippen LogP contribution in [0.2, 0.25) is 0 Å². The standard InChI is InChI=1S/C25H26F3N5OS/c1-32-12-13-33(15-18(32)8-5-16-6-9-19(34-2)10-7-16)22-20-17(4-3-11-29-20)14-30-23-21(22)31-24(35-23)25(26,27)28/h3-4,6-7,9-11,14,18,30H,5,8,12-13,15H2,1-2H3. The second kappa shape index (κ2) is 9.50. The molecule has 0 radical (unpaired) electrons. The molecule has 5 rings (SSSR count). The van der Waals surface area contributed by atoms with E-state index in [-0.39, 0.29) is 6.04 Å². The van der Waals surface area contributed by atoms with Crippen LogP contribution in [0.15, 0.2) is 42.6 Å². The van der Waals surface area contributed by atoms with Crippen LogP contribution in [-0.4, -0.2) is 59.6 Å². The lowest BCUT2D eigenvalue weighted by Gasteiger charge is -2.41. The first kappa shape index (κ1) is 23.6. The Labute approximate surface area is 205 Å². The van der Waals surface area contributed by atoms with E-state index in [2.05, 4.69) is 44.3 Å². The summed E-state index contributed by atoms with van der Waals surface area (Å²) in [5, 5.41) is 4.05. The monoisotopic (exact) mass is 501 g/mol. The lowest BCUT2D eigenvalue weighted by Crippen LogP contribution is -2.52. The van der Waals surface area contributed by atoms with E-state index in [1.807, 2.05) is 24.3 Å². The quantitative estimate of drug-likeness (QED) is 0.580. The summed E-state index contributed by atoms with van der Waals surface area (Å²) in [5.41, 5.74) is 2.20. The number of nitrogens with one attached hydrogen (secondary N) is 1. The first-order valence-electron chi connectivity index (χ1n) is 11.4. The van der Waals surface area contributed by atoms with Gasteiger partial charge >= 0.3 is 6.18 Å². The van der Waals surface area contributed by atoms with Crippen molar-refractivity contribution >= 4 is 28.2 Å². The molecule has 4 heterocycles. The molecule has 1 fully saturated rings. The number of ether oxygens (including phenoxy) is 1. The number of hydrogen-bond donors (Lipinski definition) is 1. The van der Waals surface area contributed by atoms with Gasteiger partial charge in [0.25, 0.3) is 0 Å². The van der Waals surface area contributed by atoms with Crippen LogP contribution in [-0.2, 0) is 12.6 Å². The molecule has 3 aromatic rings. The number of thiazole rings is 1. The number of piperazine rings is 1. The molecule has 0 saturated carbocycles. The summed E-state index contributed by atoms with van der Waals surface area (Å²) < 4.78 is 45.8. The number of likely N-dealkylation sites (N-methyl/N-ethyl adjacent to an activating group) is 1. The van der Waals surface area contributed by atoms with E-state index >= 15 is 0 Å². The van der Waals surface area contributed by atoms with Crippen LogP contribution in [0.25, 0.3) is 11.9 Å². The number of alkyl halides is 3. The predicted molar refractivity (Wildman–Crippen MR) is 131 cm³/mol. The highest BCUT2D eigenvalue weighted by Gasteiger charge is 2.38. The molecule has 35 heavy (non-hydrogen) atoms. The highest BCUT2D eigenvalue weighted by molar-refractivity contribution is 7.16. The Balaban J connectivity index is 1.47. The van der Waals surface area contributed by atoms with Crippen molar-refractivity contribution in [3.63, 3.8) is 0 Å². The van der Waals surface area contributed by atoms with Gasteiger partial charge in [0.2, 0.25) is 5.01 Å². The largest absolute Gasteiger partial charge is 0.497 e. The zero-order valence-corrected chi connectivity index (χ0v) is 20.3. The van der Waals surface area contributed by atoms with Crippen LogP contribution >= 0.6 is 11.3 Å². The number of hydrogen-bond acceptors (Lipinski definition) is 7. The van der Waals surface area contributed by atoms with Gasteiger partial charge in [-0.15, -0.1) is 0 Å². The lowest BCUT2D eigenvalue weighted by atomic mass is 10.0. The number of aromatic nitrogens is 2. The molecule has 1 saturated heterocycles. The lowest BCUT2D eigenvalue weighted by molar-refractivity contribution is -0.137. The topological polar surface area (TPSA) is 53.5 Å². The Morgan fingerprint density at radius 2 is 1.97 bits per heavy atom. The molecule has 1 atom stereocenters. The first-order chi connectivity index (χ1) is 16.8. The first-order valence-corrected chi connectivity index (χ1v) is 12.2. The van der Waals surface area contributed by atoms with Gasteiger partial charge in [-0.3, -0.25) is 9.88 Å². The zero-order valence-electron chi connectivity index (χ0n) is 19.5. The van der Waals surface area contributed by atoms with E-state index in [9.17, 15) is 13.2 Å². The molecule has 1 N–H and O–H groups in total. The Morgan fingerprint density at radius 1 is 1.17 bits per heavy atom. The number of halogens is 3. The Bertz CT molecular complexity index is 1320. The number of rotatable bonds is 5. The minimum Gasteiger partial charge on any atom is -0.497 e. The van der Waals surface area contributed by atoms with Gasteiger partial charge in [-0.1, -0.05) is 23.5 Å². The molecule has 2 aliphatic heterocycles. The minimum absolute atomic E-state index is 0.231. The molecule has 0 spiro atoms. The number of pyridine rings is 1. The average molecular weight is 502 g/mol. The van der Waals surface area contributed by atoms with Crippen LogP contribution in [0, 0.1) is 0 Å². The minimum atomic E-state index is -4.50. The fourth-order valence-electron chi connectivity index (χ4n) is 4.57. The van der Waals surface area contributed by atoms with Gasteiger partial charge in [0.05, 0.1) is 18.2 Å². The Hall–Kier alpha value is -3.11. The van der Waals surface area contributed by atoms with Gasteiger partial charge in [-0.25, -0.2) is 4.98 Å². The SMILES string of the molecule is COc1ccc(CCC2CN(C3=c4ncccc4=CNc4sc(C(F)(F)F)nc43)CCN2C)cc1. The number of nitrogens with zero attached hydrogens (tertiary/aromatic N) is 4. The fourth-order valence-corrected chi connectivity index (χ4v) is 5.38. The third kappa shape index (κ3) is 4.85. The third-order valence-electron chi connectivity index (χ3n) is 6.53. The predicted octanol–water partition coefficient (Wildman–Crippen LogP) is 3.13. The van der Waals surface area contributed by atoms with Crippen LogP contribution < -0.4 is 20.6 Å². The van der Waals surface area contributed by atoms with E-state index in [1.165, 1.54) is 5.56 Å². The fraction of sp³-hybridized carbons (Fsp3) is 0.360. The summed E-state index contributed by atoms with van der Waals surface area (Å²) >= 11 is 0.631. The van der Waals surface area contributed by atoms with Gasteiger partial charge in [0, 0.05) is 43.3 Å². The number of fused-ring (bicyclic) bond motifs is 2. The summed E-state index contributed by atoms with van der Waals surface area (Å²) in [6.45, 7) is 2.15. The van der Waals surface area contributed by atoms with Gasteiger partial charge in [-0.2, -0.15) is 13.2 Å². The van der Waals surface area contributed by atoms with Gasteiger partial charge < -0.3 is 15.0 Å². The van der Waals surface area contributed by atoms with Crippen LogP contribution in [0.4, 0.5) is 18.2 Å². The zero-order chi connectivity index (χ0) is 24.6. The van der Waals surface area contributed by atoms with Gasteiger partial charge in [0.1, 0.15) is 16.4 Å². The van der Waals surface area contributed by atoms with E-state index in [4.69, 9.17) is 4.74 Å². The molecule has 0 amide bonds. The van der Waals surface area contributed by atoms with Crippen molar-refractivity contribution in [1.82, 2.24) is 19.8 Å². The van der Waals surface area contributed by atoms with Crippen molar-refractivity contribution in [2.45, 2.75) is 25.1 Å². The summed E-state index contributed by atoms with van der Waals surface area (Å²) in [5.74, 6) is 0.827. The van der Waals surface area contributed by atoms with Gasteiger partial charge in [0.15, 0.2) is 0 Å². The van der Waals surface area contributed by atoms with E-state index in [1.54, 1.807) is 19.5 Å². The number of anilines is 1. The maximum atomic E-state index is 13.5. The third-order valence-corrected chi connectivity index (χ3v) is 7.57. The number of benzene rings is 1. The molecule has 2 aliphatic rings. The normalized spacial score (nSPS) is 18.3. The van der Waals surface area contributed by atoms with Crippen molar-refractivity contribution in [1.29, 1.82) is 0 Å². The maximum Gasteiger partial charge on any atom is 0.443 e. The van der Waals surface area contributed by atoms with Crippen molar-refractivity contribution in [3.8, 4) is 5.75 Å². The summed E-state index contributed by atoms with van der Waals surface area (Å²) in [6, 6.07) is 12.0. The van der Waals surface area contributed by atoms with Crippen molar-refractivity contribution < 1.29 is 17.9 Å². The second-order valence-electron chi connectivity index (χ2n) is 8.74. The van der Waals surface area contributed by atoms with Crippen molar-refractivity contribution in [2.75, 3.05) is 39.1 Å². The smallest absolute Gasteiger partial charge is 0.443 e. The van der Waals surface area contributed by atoms with Gasteiger partial charge in [-0.05, 0) is 49.7 Å². The van der Waals surface area contributed by atoms with Crippen LogP contribution in [0.5, 0.6) is 5.75 Å². The van der Waals surface area contributed by atoms with E-state index in [0.717, 1.165) is 30.4 Å². The average Bonchev–Trinajstić information content (AvgIpc) is 3.22. The summed E-state index contributed by atoms with van der Waals surface area (Å²) in [7, 11) is 3.75. The molecular formula is C25H26F3N5OS. The van der Waals surface area contributed by atoms with Crippen LogP contribution in [0.1, 0.15) is 22.7 Å². The Kier molecular flexibility index (Phi) is 6.41. The Morgan fingerprint density at radius 3 is 2.71 bits per heavy atom. The van der Waals surface area contributed by atoms with E-state index in [0.29, 0.717) is 46.2 Å². The maximum absolute atomic E-state index is 13.5. The molecule has 1 aromatic carbocycles. The van der Waals surface area contributed by atoms with Crippen LogP contribution in [0.3, 0.4) is 0 Å². The molecule has 0 bridgehead atoms. The molecule has 0 aliphatic carbocycles. The summed E-state index contributed by atoms with van der Waals surface area (Å²) in [6.07, 6.45) is 0.700. The molecule has 1 unspecified atom stereocenters. The molecule has 10 heteroatoms. The van der Waals surface area contributed by atoms with Crippen molar-refractivity contribution in [2.24, 2.45) is 0 Å². The molecule has 184 valence electrons. The summed E-state index contributed by atoms with van der Waals surface area (Å²) in [4.78, 5) is 13.1. The molecule has 6 nitrogen and oxygen atoms in total. The molecular weight excluding hydrogens is 475 g/mol. The molecule has 2 aromatic heterocycles. The van der Waals surface area contributed by atoms with Crippen molar-refractivity contribution in [3.05, 3.63) is 69.4 Å². The number of aryl methyl sites for hydroxylation is 1. The van der Waals surface area contributed by atoms with E-state index < -0.39 is 11.2 Å².